The van der Waals surface area contributed by atoms with Gasteiger partial charge in [0.25, 0.3) is 0 Å². The fourth-order valence-corrected chi connectivity index (χ4v) is 4.84. The van der Waals surface area contributed by atoms with Gasteiger partial charge in [0.05, 0.1) is 105 Å². The van der Waals surface area contributed by atoms with Crippen molar-refractivity contribution in [1.29, 1.82) is 0 Å². The molecular formula is C34H54F3NO10. The first kappa shape index (κ1) is 41.8. The second-order valence-corrected chi connectivity index (χ2v) is 12.4. The van der Waals surface area contributed by atoms with Gasteiger partial charge in [-0.05, 0) is 42.7 Å². The zero-order valence-electron chi connectivity index (χ0n) is 29.0. The number of amides is 1. The number of hydrogen-bond donors (Lipinski definition) is 0. The number of piperidine rings is 1. The Kier molecular flexibility index (Phi) is 20.9. The van der Waals surface area contributed by atoms with Crippen LogP contribution in [-0.2, 0) is 42.7 Å². The number of likely N-dealkylation sites (tertiary alicyclic amines) is 1. The van der Waals surface area contributed by atoms with E-state index in [1.54, 1.807) is 0 Å². The van der Waals surface area contributed by atoms with E-state index in [2.05, 4.69) is 25.5 Å². The third-order valence-electron chi connectivity index (χ3n) is 7.73. The van der Waals surface area contributed by atoms with Gasteiger partial charge in [0, 0.05) is 13.1 Å². The van der Waals surface area contributed by atoms with Crippen LogP contribution in [0.15, 0.2) is 6.07 Å². The van der Waals surface area contributed by atoms with Crippen LogP contribution in [0.25, 0.3) is 0 Å². The number of aryl methyl sites for hydroxylation is 1. The van der Waals surface area contributed by atoms with Gasteiger partial charge >= 0.3 is 5.97 Å². The zero-order valence-corrected chi connectivity index (χ0v) is 29.0. The maximum absolute atomic E-state index is 13.9. The molecule has 0 bridgehead atoms. The minimum Gasteiger partial charge on any atom is -0.420 e. The Balaban J connectivity index is 1.27. The maximum atomic E-state index is 13.9. The number of benzene rings is 1. The monoisotopic (exact) mass is 693 g/mol. The fourth-order valence-electron chi connectivity index (χ4n) is 4.84. The van der Waals surface area contributed by atoms with Gasteiger partial charge in [-0.15, -0.1) is 0 Å². The molecule has 1 aromatic rings. The molecule has 276 valence electrons. The molecule has 1 amide bonds. The number of esters is 1. The normalized spacial score (nSPS) is 14.1. The summed E-state index contributed by atoms with van der Waals surface area (Å²) in [7, 11) is 0. The van der Waals surface area contributed by atoms with Crippen LogP contribution in [0, 0.1) is 35.7 Å². The number of carbonyl (C=O) groups excluding carboxylic acids is 2. The Labute approximate surface area is 282 Å². The van der Waals surface area contributed by atoms with E-state index in [-0.39, 0.29) is 37.7 Å². The third kappa shape index (κ3) is 17.4. The van der Waals surface area contributed by atoms with Crippen molar-refractivity contribution in [3.05, 3.63) is 29.1 Å². The summed E-state index contributed by atoms with van der Waals surface area (Å²) in [6, 6.07) is 0.686. The molecule has 1 aromatic carbocycles. The molecular weight excluding hydrogens is 639 g/mol. The van der Waals surface area contributed by atoms with Crippen molar-refractivity contribution in [2.75, 3.05) is 106 Å². The van der Waals surface area contributed by atoms with Crippen molar-refractivity contribution >= 4 is 11.9 Å². The van der Waals surface area contributed by atoms with Crippen molar-refractivity contribution in [3.63, 3.8) is 0 Å². The van der Waals surface area contributed by atoms with Crippen LogP contribution in [0.1, 0.15) is 52.0 Å². The van der Waals surface area contributed by atoms with E-state index in [0.717, 1.165) is 25.9 Å². The summed E-state index contributed by atoms with van der Waals surface area (Å²) in [5.41, 5.74) is 0.124. The number of hydrogen-bond acceptors (Lipinski definition) is 10. The minimum absolute atomic E-state index is 0.0544. The van der Waals surface area contributed by atoms with Crippen LogP contribution in [-0.4, -0.2) is 122 Å². The van der Waals surface area contributed by atoms with Crippen LogP contribution in [0.5, 0.6) is 5.75 Å². The predicted octanol–water partition coefficient (Wildman–Crippen LogP) is 4.50. The summed E-state index contributed by atoms with van der Waals surface area (Å²) in [4.78, 5) is 26.1. The lowest BCUT2D eigenvalue weighted by atomic mass is 9.75. The Morgan fingerprint density at radius 1 is 0.667 bits per heavy atom. The van der Waals surface area contributed by atoms with Crippen molar-refractivity contribution < 1.29 is 60.7 Å². The van der Waals surface area contributed by atoms with E-state index in [4.69, 9.17) is 33.2 Å². The highest BCUT2D eigenvalue weighted by Crippen LogP contribution is 2.34. The van der Waals surface area contributed by atoms with Gasteiger partial charge in [0.15, 0.2) is 11.6 Å². The molecule has 0 unspecified atom stereocenters. The Morgan fingerprint density at radius 2 is 1.06 bits per heavy atom. The summed E-state index contributed by atoms with van der Waals surface area (Å²) in [5, 5.41) is 0. The van der Waals surface area contributed by atoms with Gasteiger partial charge in [-0.25, -0.2) is 8.78 Å². The molecule has 1 saturated heterocycles. The molecule has 0 N–H and O–H groups in total. The van der Waals surface area contributed by atoms with Crippen LogP contribution < -0.4 is 4.74 Å². The Hall–Kier alpha value is -2.33. The van der Waals surface area contributed by atoms with E-state index >= 15 is 0 Å². The molecule has 14 heteroatoms. The zero-order chi connectivity index (χ0) is 35.2. The number of nitrogens with zero attached hydrogens (tertiary/aromatic N) is 1. The largest absolute Gasteiger partial charge is 0.420 e. The summed E-state index contributed by atoms with van der Waals surface area (Å²) in [5.74, 6) is -5.14. The van der Waals surface area contributed by atoms with Gasteiger partial charge in [-0.1, -0.05) is 20.8 Å². The van der Waals surface area contributed by atoms with Crippen molar-refractivity contribution in [3.8, 4) is 5.75 Å². The second-order valence-electron chi connectivity index (χ2n) is 12.4. The molecule has 2 rings (SSSR count). The number of halogens is 3. The number of ether oxygens (including phenoxy) is 8. The van der Waals surface area contributed by atoms with Crippen molar-refractivity contribution in [2.45, 2.75) is 53.4 Å². The average molecular weight is 694 g/mol. The van der Waals surface area contributed by atoms with E-state index in [1.807, 2.05) is 4.90 Å². The fraction of sp³-hybridized carbons (Fsp3) is 0.765. The summed E-state index contributed by atoms with van der Waals surface area (Å²) in [6.07, 6.45) is 2.27. The molecule has 0 aliphatic carbocycles. The topological polar surface area (TPSA) is 111 Å². The Morgan fingerprint density at radius 3 is 1.48 bits per heavy atom. The molecule has 1 aliphatic rings. The maximum Gasteiger partial charge on any atom is 0.313 e. The van der Waals surface area contributed by atoms with Gasteiger partial charge in [0.2, 0.25) is 17.5 Å². The van der Waals surface area contributed by atoms with Gasteiger partial charge in [-0.3, -0.25) is 9.59 Å². The SMILES string of the molecule is Cc1cc(F)c(F)c(OC(=O)CCOCCOCCOCCOCCOCCOCCOCCC(=O)N2CCC(C(C)(C)C)CC2)c1F. The number of carbonyl (C=O) groups is 2. The molecule has 0 atom stereocenters. The third-order valence-corrected chi connectivity index (χ3v) is 7.73. The molecule has 1 fully saturated rings. The van der Waals surface area contributed by atoms with Crippen molar-refractivity contribution in [2.24, 2.45) is 11.3 Å². The molecule has 0 saturated carbocycles. The van der Waals surface area contributed by atoms with Crippen molar-refractivity contribution in [1.82, 2.24) is 4.90 Å². The van der Waals surface area contributed by atoms with Gasteiger partial charge in [0.1, 0.15) is 0 Å². The smallest absolute Gasteiger partial charge is 0.313 e. The first-order chi connectivity index (χ1) is 23.0. The molecule has 48 heavy (non-hydrogen) atoms. The first-order valence-electron chi connectivity index (χ1n) is 16.7. The van der Waals surface area contributed by atoms with E-state index in [9.17, 15) is 22.8 Å². The van der Waals surface area contributed by atoms with Crippen LogP contribution in [0.4, 0.5) is 13.2 Å². The molecule has 0 aromatic heterocycles. The molecule has 0 radical (unpaired) electrons. The van der Waals surface area contributed by atoms with Crippen LogP contribution in [0.3, 0.4) is 0 Å². The lowest BCUT2D eigenvalue weighted by Gasteiger charge is -2.38. The summed E-state index contributed by atoms with van der Waals surface area (Å²) in [6.45, 7) is 14.7. The number of rotatable bonds is 25. The molecule has 1 aliphatic heterocycles. The first-order valence-corrected chi connectivity index (χ1v) is 16.7. The van der Waals surface area contributed by atoms with Crippen LogP contribution in [0.2, 0.25) is 0 Å². The predicted molar refractivity (Wildman–Crippen MR) is 170 cm³/mol. The minimum atomic E-state index is -1.55. The summed E-state index contributed by atoms with van der Waals surface area (Å²) < 4.78 is 83.5. The van der Waals surface area contributed by atoms with Gasteiger partial charge in [-0.2, -0.15) is 4.39 Å². The second kappa shape index (κ2) is 23.9. The lowest BCUT2D eigenvalue weighted by molar-refractivity contribution is -0.136. The van der Waals surface area contributed by atoms with Gasteiger partial charge < -0.3 is 42.8 Å². The molecule has 0 spiro atoms. The van der Waals surface area contributed by atoms with Crippen LogP contribution >= 0.6 is 0 Å². The highest BCUT2D eigenvalue weighted by atomic mass is 19.2. The standard InChI is InChI=1S/C34H54F3NO10/c1-26-25-28(35)32(37)33(31(26)36)48-30(40)8-12-42-14-16-44-18-20-46-22-24-47-23-21-45-19-17-43-15-13-41-11-7-29(39)38-9-5-27(6-10-38)34(2,3)4/h25,27H,5-24H2,1-4H3. The van der Waals surface area contributed by atoms with E-state index in [0.29, 0.717) is 96.5 Å². The Bertz CT molecular complexity index is 1040. The quantitative estimate of drug-likeness (QED) is 0.0629. The van der Waals surface area contributed by atoms with E-state index < -0.39 is 29.2 Å². The molecule has 1 heterocycles. The lowest BCUT2D eigenvalue weighted by Crippen LogP contribution is -2.41. The summed E-state index contributed by atoms with van der Waals surface area (Å²) >= 11 is 0. The average Bonchev–Trinajstić information content (AvgIpc) is 3.05. The molecule has 11 nitrogen and oxygen atoms in total. The highest BCUT2D eigenvalue weighted by Gasteiger charge is 2.30. The highest BCUT2D eigenvalue weighted by molar-refractivity contribution is 5.76. The van der Waals surface area contributed by atoms with E-state index in [1.165, 1.54) is 6.92 Å².